The Labute approximate surface area is 124 Å². The molecule has 0 saturated carbocycles. The summed E-state index contributed by atoms with van der Waals surface area (Å²) in [7, 11) is 1.36. The van der Waals surface area contributed by atoms with Crippen molar-refractivity contribution in [3.63, 3.8) is 0 Å². The average molecular weight is 287 g/mol. The first kappa shape index (κ1) is 15.2. The van der Waals surface area contributed by atoms with Crippen LogP contribution in [-0.4, -0.2) is 28.1 Å². The van der Waals surface area contributed by atoms with Crippen LogP contribution in [0.3, 0.4) is 0 Å². The van der Waals surface area contributed by atoms with Crippen molar-refractivity contribution in [2.45, 2.75) is 40.2 Å². The zero-order valence-corrected chi connectivity index (χ0v) is 13.2. The molecule has 0 N–H and O–H groups in total. The van der Waals surface area contributed by atoms with Gasteiger partial charge in [-0.05, 0) is 36.5 Å². The van der Waals surface area contributed by atoms with Gasteiger partial charge in [0.2, 0.25) is 0 Å². The summed E-state index contributed by atoms with van der Waals surface area (Å²) in [6, 6.07) is 6.31. The van der Waals surface area contributed by atoms with Crippen molar-refractivity contribution in [2.75, 3.05) is 7.11 Å². The first-order valence-corrected chi connectivity index (χ1v) is 7.01. The molecule has 1 aromatic heterocycles. The van der Waals surface area contributed by atoms with Crippen molar-refractivity contribution in [3.8, 4) is 0 Å². The van der Waals surface area contributed by atoms with Crippen LogP contribution in [0.4, 0.5) is 0 Å². The van der Waals surface area contributed by atoms with Crippen LogP contribution in [0.1, 0.15) is 52.6 Å². The molecule has 0 amide bonds. The van der Waals surface area contributed by atoms with Gasteiger partial charge in [0.1, 0.15) is 0 Å². The number of esters is 1. The number of carbonyl (C=O) groups excluding carboxylic acids is 1. The summed E-state index contributed by atoms with van der Waals surface area (Å²) < 4.78 is 6.55. The van der Waals surface area contributed by atoms with E-state index in [2.05, 4.69) is 42.4 Å². The molecule has 0 bridgehead atoms. The van der Waals surface area contributed by atoms with Crippen molar-refractivity contribution in [2.24, 2.45) is 0 Å². The van der Waals surface area contributed by atoms with Crippen LogP contribution in [-0.2, 0) is 11.3 Å². The molecule has 0 aliphatic heterocycles. The Balaban J connectivity index is 2.37. The lowest BCUT2D eigenvalue weighted by atomic mass is 10.1. The van der Waals surface area contributed by atoms with Crippen LogP contribution in [0.5, 0.6) is 0 Å². The quantitative estimate of drug-likeness (QED) is 0.811. The minimum atomic E-state index is -0.440. The fraction of sp³-hybridized carbons (Fsp3) is 0.438. The molecule has 21 heavy (non-hydrogen) atoms. The van der Waals surface area contributed by atoms with E-state index in [0.29, 0.717) is 12.2 Å². The van der Waals surface area contributed by atoms with E-state index in [1.807, 2.05) is 13.8 Å². The predicted octanol–water partition coefficient (Wildman–Crippen LogP) is 2.85. The van der Waals surface area contributed by atoms with Crippen molar-refractivity contribution in [1.82, 2.24) is 15.0 Å². The third-order valence-corrected chi connectivity index (χ3v) is 3.60. The molecule has 0 atom stereocenters. The first-order chi connectivity index (χ1) is 9.93. The van der Waals surface area contributed by atoms with Gasteiger partial charge in [0.25, 0.3) is 0 Å². The van der Waals surface area contributed by atoms with E-state index in [1.165, 1.54) is 18.2 Å². The molecule has 0 unspecified atom stereocenters. The number of rotatable bonds is 4. The molecule has 1 heterocycles. The molecule has 0 saturated heterocycles. The minimum Gasteiger partial charge on any atom is -0.464 e. The second-order valence-electron chi connectivity index (χ2n) is 5.55. The average Bonchev–Trinajstić information content (AvgIpc) is 2.86. The van der Waals surface area contributed by atoms with Gasteiger partial charge in [-0.1, -0.05) is 37.3 Å². The van der Waals surface area contributed by atoms with E-state index in [-0.39, 0.29) is 5.92 Å². The number of ether oxygens (including phenoxy) is 1. The Kier molecular flexibility index (Phi) is 4.40. The lowest BCUT2D eigenvalue weighted by Crippen LogP contribution is -2.12. The smallest absolute Gasteiger partial charge is 0.360 e. The lowest BCUT2D eigenvalue weighted by Gasteiger charge is -2.11. The first-order valence-electron chi connectivity index (χ1n) is 7.01. The molecule has 0 spiro atoms. The fourth-order valence-electron chi connectivity index (χ4n) is 2.33. The largest absolute Gasteiger partial charge is 0.464 e. The number of aromatic nitrogens is 3. The second kappa shape index (κ2) is 6.08. The molecule has 5 heteroatoms. The van der Waals surface area contributed by atoms with E-state index < -0.39 is 5.97 Å². The molecule has 5 nitrogen and oxygen atoms in total. The van der Waals surface area contributed by atoms with Gasteiger partial charge in [0.15, 0.2) is 5.69 Å². The molecular formula is C16H21N3O2. The van der Waals surface area contributed by atoms with E-state index in [9.17, 15) is 4.79 Å². The van der Waals surface area contributed by atoms with Gasteiger partial charge in [-0.25, -0.2) is 9.48 Å². The van der Waals surface area contributed by atoms with Gasteiger partial charge in [0.05, 0.1) is 19.3 Å². The van der Waals surface area contributed by atoms with E-state index in [0.717, 1.165) is 11.3 Å². The summed E-state index contributed by atoms with van der Waals surface area (Å²) in [4.78, 5) is 11.8. The van der Waals surface area contributed by atoms with Gasteiger partial charge >= 0.3 is 5.97 Å². The van der Waals surface area contributed by atoms with Gasteiger partial charge in [-0.15, -0.1) is 5.10 Å². The molecule has 2 aromatic rings. The summed E-state index contributed by atoms with van der Waals surface area (Å²) in [5, 5.41) is 8.10. The monoisotopic (exact) mass is 287 g/mol. The Morgan fingerprint density at radius 1 is 1.29 bits per heavy atom. The van der Waals surface area contributed by atoms with Crippen molar-refractivity contribution in [3.05, 3.63) is 46.3 Å². The summed E-state index contributed by atoms with van der Waals surface area (Å²) >= 11 is 0. The zero-order valence-electron chi connectivity index (χ0n) is 13.2. The Bertz CT molecular complexity index is 660. The SMILES string of the molecule is COC(=O)c1nnn(Cc2ccc(C)c(C)c2)c1C(C)C. The molecular weight excluding hydrogens is 266 g/mol. The highest BCUT2D eigenvalue weighted by Crippen LogP contribution is 2.20. The standard InChI is InChI=1S/C16H21N3O2/c1-10(2)15-14(16(20)21-5)17-18-19(15)9-13-7-6-11(3)12(4)8-13/h6-8,10H,9H2,1-5H3. The maximum atomic E-state index is 11.8. The van der Waals surface area contributed by atoms with Crippen LogP contribution in [0.15, 0.2) is 18.2 Å². The van der Waals surface area contributed by atoms with Crippen LogP contribution in [0.25, 0.3) is 0 Å². The molecule has 1 aromatic carbocycles. The number of carbonyl (C=O) groups is 1. The number of benzene rings is 1. The summed E-state index contributed by atoms with van der Waals surface area (Å²) in [6.07, 6.45) is 0. The number of nitrogens with zero attached hydrogens (tertiary/aromatic N) is 3. The van der Waals surface area contributed by atoms with Crippen LogP contribution in [0, 0.1) is 13.8 Å². The lowest BCUT2D eigenvalue weighted by molar-refractivity contribution is 0.0592. The zero-order chi connectivity index (χ0) is 15.6. The van der Waals surface area contributed by atoms with E-state index >= 15 is 0 Å². The van der Waals surface area contributed by atoms with Crippen LogP contribution >= 0.6 is 0 Å². The molecule has 0 aliphatic rings. The molecule has 0 radical (unpaired) electrons. The number of hydrogen-bond acceptors (Lipinski definition) is 4. The minimum absolute atomic E-state index is 0.139. The van der Waals surface area contributed by atoms with E-state index in [4.69, 9.17) is 4.74 Å². The normalized spacial score (nSPS) is 11.0. The maximum Gasteiger partial charge on any atom is 0.360 e. The molecule has 0 aliphatic carbocycles. The molecule has 0 fully saturated rings. The summed E-state index contributed by atoms with van der Waals surface area (Å²) in [6.45, 7) is 8.80. The van der Waals surface area contributed by atoms with Crippen LogP contribution < -0.4 is 0 Å². The highest BCUT2D eigenvalue weighted by Gasteiger charge is 2.22. The third kappa shape index (κ3) is 3.12. The highest BCUT2D eigenvalue weighted by molar-refractivity contribution is 5.88. The number of hydrogen-bond donors (Lipinski definition) is 0. The van der Waals surface area contributed by atoms with Crippen molar-refractivity contribution in [1.29, 1.82) is 0 Å². The van der Waals surface area contributed by atoms with Crippen LogP contribution in [0.2, 0.25) is 0 Å². The van der Waals surface area contributed by atoms with Gasteiger partial charge in [0, 0.05) is 0 Å². The summed E-state index contributed by atoms with van der Waals surface area (Å²) in [5.41, 5.74) is 4.75. The molecule has 2 rings (SSSR count). The maximum absolute atomic E-state index is 11.8. The van der Waals surface area contributed by atoms with Gasteiger partial charge in [-0.3, -0.25) is 0 Å². The highest BCUT2D eigenvalue weighted by atomic mass is 16.5. The third-order valence-electron chi connectivity index (χ3n) is 3.60. The Morgan fingerprint density at radius 2 is 2.00 bits per heavy atom. The predicted molar refractivity (Wildman–Crippen MR) is 80.5 cm³/mol. The molecule has 112 valence electrons. The summed E-state index contributed by atoms with van der Waals surface area (Å²) in [5.74, 6) is -0.300. The number of aryl methyl sites for hydroxylation is 2. The topological polar surface area (TPSA) is 57.0 Å². The Hall–Kier alpha value is -2.17. The number of methoxy groups -OCH3 is 1. The van der Waals surface area contributed by atoms with Crippen molar-refractivity contribution >= 4 is 5.97 Å². The second-order valence-corrected chi connectivity index (χ2v) is 5.55. The van der Waals surface area contributed by atoms with Crippen molar-refractivity contribution < 1.29 is 9.53 Å². The fourth-order valence-corrected chi connectivity index (χ4v) is 2.33. The van der Waals surface area contributed by atoms with Gasteiger partial charge in [-0.2, -0.15) is 0 Å². The van der Waals surface area contributed by atoms with E-state index in [1.54, 1.807) is 4.68 Å². The van der Waals surface area contributed by atoms with Gasteiger partial charge < -0.3 is 4.74 Å². The Morgan fingerprint density at radius 3 is 2.57 bits per heavy atom.